The summed E-state index contributed by atoms with van der Waals surface area (Å²) in [7, 11) is 0. The lowest BCUT2D eigenvalue weighted by atomic mass is 9.99. The minimum atomic E-state index is -0.0351. The van der Waals surface area contributed by atoms with Crippen molar-refractivity contribution in [1.29, 1.82) is 0 Å². The zero-order valence-corrected chi connectivity index (χ0v) is 11.7. The number of nitrogens with zero attached hydrogens (tertiary/aromatic N) is 1. The molecule has 0 spiro atoms. The normalized spacial score (nSPS) is 18.4. The highest BCUT2D eigenvalue weighted by molar-refractivity contribution is 5.78. The molecule has 1 saturated heterocycles. The molecule has 1 unspecified atom stereocenters. The third kappa shape index (κ3) is 3.78. The molecular formula is C15H23N3O. The molecule has 0 bridgehead atoms. The van der Waals surface area contributed by atoms with Crippen LogP contribution in [0.15, 0.2) is 24.3 Å². The highest BCUT2D eigenvalue weighted by Crippen LogP contribution is 2.18. The van der Waals surface area contributed by atoms with Crippen LogP contribution in [0, 0.1) is 0 Å². The van der Waals surface area contributed by atoms with Gasteiger partial charge in [0.15, 0.2) is 0 Å². The van der Waals surface area contributed by atoms with Crippen LogP contribution in [0.1, 0.15) is 36.9 Å². The van der Waals surface area contributed by atoms with Crippen LogP contribution in [0.5, 0.6) is 0 Å². The van der Waals surface area contributed by atoms with E-state index in [0.717, 1.165) is 25.2 Å². The molecule has 0 saturated carbocycles. The molecule has 1 atom stereocenters. The first-order chi connectivity index (χ1) is 9.06. The number of amides is 1. The fraction of sp³-hybridized carbons (Fsp3) is 0.533. The maximum Gasteiger partial charge on any atom is 0.234 e. The number of nitrogens with two attached hydrogens (primary N) is 1. The predicted molar refractivity (Wildman–Crippen MR) is 76.9 cm³/mol. The molecular weight excluding hydrogens is 238 g/mol. The fourth-order valence-electron chi connectivity index (χ4n) is 2.36. The Labute approximate surface area is 115 Å². The first kappa shape index (κ1) is 14.0. The van der Waals surface area contributed by atoms with Crippen LogP contribution in [-0.4, -0.2) is 37.0 Å². The number of nitrogens with one attached hydrogen (secondary N) is 1. The Morgan fingerprint density at radius 2 is 1.89 bits per heavy atom. The van der Waals surface area contributed by atoms with E-state index in [9.17, 15) is 4.79 Å². The molecule has 2 rings (SSSR count). The van der Waals surface area contributed by atoms with Gasteiger partial charge in [0.1, 0.15) is 0 Å². The average Bonchev–Trinajstić information content (AvgIpc) is 2.39. The maximum atomic E-state index is 11.3. The smallest absolute Gasteiger partial charge is 0.234 e. The van der Waals surface area contributed by atoms with E-state index >= 15 is 0 Å². The Balaban J connectivity index is 1.95. The molecule has 4 heteroatoms. The van der Waals surface area contributed by atoms with E-state index in [1.165, 1.54) is 5.56 Å². The van der Waals surface area contributed by atoms with E-state index < -0.39 is 0 Å². The second-order valence-corrected chi connectivity index (χ2v) is 5.51. The number of hydrogen-bond acceptors (Lipinski definition) is 3. The molecule has 0 radical (unpaired) electrons. The van der Waals surface area contributed by atoms with E-state index in [-0.39, 0.29) is 11.9 Å². The van der Waals surface area contributed by atoms with Gasteiger partial charge in [-0.15, -0.1) is 0 Å². The Bertz CT molecular complexity index is 428. The third-order valence-corrected chi connectivity index (χ3v) is 3.60. The Kier molecular flexibility index (Phi) is 4.56. The van der Waals surface area contributed by atoms with E-state index in [1.807, 2.05) is 0 Å². The van der Waals surface area contributed by atoms with Crippen molar-refractivity contribution >= 4 is 5.91 Å². The van der Waals surface area contributed by atoms with Gasteiger partial charge in [0.2, 0.25) is 5.91 Å². The van der Waals surface area contributed by atoms with Gasteiger partial charge in [-0.2, -0.15) is 0 Å². The summed E-state index contributed by atoms with van der Waals surface area (Å²) in [5.74, 6) is 0.629. The molecule has 1 amide bonds. The van der Waals surface area contributed by atoms with Crippen LogP contribution >= 0.6 is 0 Å². The molecule has 1 aliphatic rings. The zero-order valence-electron chi connectivity index (χ0n) is 11.7. The van der Waals surface area contributed by atoms with Gasteiger partial charge in [0.05, 0.1) is 6.54 Å². The van der Waals surface area contributed by atoms with Gasteiger partial charge in [-0.25, -0.2) is 0 Å². The molecule has 1 aromatic carbocycles. The summed E-state index contributed by atoms with van der Waals surface area (Å²) in [5.41, 5.74) is 8.69. The number of carbonyl (C=O) groups is 1. The van der Waals surface area contributed by atoms with Crippen LogP contribution in [-0.2, 0) is 4.79 Å². The van der Waals surface area contributed by atoms with E-state index in [1.54, 1.807) is 0 Å². The molecule has 3 N–H and O–H groups in total. The first-order valence-corrected chi connectivity index (χ1v) is 6.90. The molecule has 4 nitrogen and oxygen atoms in total. The maximum absolute atomic E-state index is 11.3. The van der Waals surface area contributed by atoms with Crippen molar-refractivity contribution in [3.8, 4) is 0 Å². The molecule has 0 aliphatic carbocycles. The second-order valence-electron chi connectivity index (χ2n) is 5.51. The molecule has 0 aromatic heterocycles. The zero-order chi connectivity index (χ0) is 13.8. The second kappa shape index (κ2) is 6.17. The van der Waals surface area contributed by atoms with Crippen molar-refractivity contribution in [2.75, 3.05) is 26.2 Å². The van der Waals surface area contributed by atoms with Crippen LogP contribution in [0.2, 0.25) is 0 Å². The van der Waals surface area contributed by atoms with Gasteiger partial charge in [0.25, 0.3) is 0 Å². The Morgan fingerprint density at radius 3 is 2.47 bits per heavy atom. The van der Waals surface area contributed by atoms with Crippen molar-refractivity contribution in [2.24, 2.45) is 5.73 Å². The Hall–Kier alpha value is -1.39. The quantitative estimate of drug-likeness (QED) is 0.857. The predicted octanol–water partition coefficient (Wildman–Crippen LogP) is 1.24. The van der Waals surface area contributed by atoms with Gasteiger partial charge in [-0.1, -0.05) is 38.1 Å². The lowest BCUT2D eigenvalue weighted by molar-refractivity contribution is -0.124. The van der Waals surface area contributed by atoms with Crippen molar-refractivity contribution in [3.05, 3.63) is 35.4 Å². The highest BCUT2D eigenvalue weighted by atomic mass is 16.2. The van der Waals surface area contributed by atoms with Gasteiger partial charge < -0.3 is 11.1 Å². The summed E-state index contributed by atoms with van der Waals surface area (Å²) in [6.45, 7) is 7.15. The number of hydrogen-bond donors (Lipinski definition) is 2. The number of carbonyl (C=O) groups excluding carboxylic acids is 1. The highest BCUT2D eigenvalue weighted by Gasteiger charge is 2.18. The van der Waals surface area contributed by atoms with Gasteiger partial charge in [-0.05, 0) is 17.0 Å². The van der Waals surface area contributed by atoms with Gasteiger partial charge in [-0.3, -0.25) is 9.69 Å². The van der Waals surface area contributed by atoms with Crippen LogP contribution < -0.4 is 11.1 Å². The summed E-state index contributed by atoms with van der Waals surface area (Å²) >= 11 is 0. The lowest BCUT2D eigenvalue weighted by Gasteiger charge is -2.29. The van der Waals surface area contributed by atoms with Gasteiger partial charge in [0, 0.05) is 25.7 Å². The summed E-state index contributed by atoms with van der Waals surface area (Å²) in [4.78, 5) is 13.4. The fourth-order valence-corrected chi connectivity index (χ4v) is 2.36. The number of rotatable bonds is 4. The minimum absolute atomic E-state index is 0.0351. The van der Waals surface area contributed by atoms with Crippen LogP contribution in [0.4, 0.5) is 0 Å². The minimum Gasteiger partial charge on any atom is -0.354 e. The summed E-state index contributed by atoms with van der Waals surface area (Å²) in [5, 5.41) is 2.82. The first-order valence-electron chi connectivity index (χ1n) is 6.90. The van der Waals surface area contributed by atoms with E-state index in [0.29, 0.717) is 12.5 Å². The molecule has 1 heterocycles. The van der Waals surface area contributed by atoms with Crippen molar-refractivity contribution < 1.29 is 4.79 Å². The summed E-state index contributed by atoms with van der Waals surface area (Å²) < 4.78 is 0. The lowest BCUT2D eigenvalue weighted by Crippen LogP contribution is -2.49. The Morgan fingerprint density at radius 1 is 1.26 bits per heavy atom. The third-order valence-electron chi connectivity index (χ3n) is 3.60. The van der Waals surface area contributed by atoms with Crippen LogP contribution in [0.3, 0.4) is 0 Å². The average molecular weight is 261 g/mol. The topological polar surface area (TPSA) is 58.4 Å². The molecule has 1 aromatic rings. The number of benzene rings is 1. The standard InChI is InChI=1S/C15H23N3O/c1-11(2)12-3-5-13(6-4-12)14(16)9-18-8-7-17-15(19)10-18/h3-6,11,14H,7-10,16H2,1-2H3,(H,17,19). The SMILES string of the molecule is CC(C)c1ccc(C(N)CN2CCNC(=O)C2)cc1. The van der Waals surface area contributed by atoms with Crippen molar-refractivity contribution in [2.45, 2.75) is 25.8 Å². The molecule has 104 valence electrons. The van der Waals surface area contributed by atoms with Crippen LogP contribution in [0.25, 0.3) is 0 Å². The van der Waals surface area contributed by atoms with E-state index in [2.05, 4.69) is 48.3 Å². The number of piperazine rings is 1. The van der Waals surface area contributed by atoms with Gasteiger partial charge >= 0.3 is 0 Å². The molecule has 1 fully saturated rings. The molecule has 19 heavy (non-hydrogen) atoms. The monoisotopic (exact) mass is 261 g/mol. The largest absolute Gasteiger partial charge is 0.354 e. The van der Waals surface area contributed by atoms with Crippen molar-refractivity contribution in [3.63, 3.8) is 0 Å². The molecule has 1 aliphatic heterocycles. The summed E-state index contributed by atoms with van der Waals surface area (Å²) in [6, 6.07) is 8.45. The van der Waals surface area contributed by atoms with E-state index in [4.69, 9.17) is 5.73 Å². The van der Waals surface area contributed by atoms with Crippen molar-refractivity contribution in [1.82, 2.24) is 10.2 Å². The summed E-state index contributed by atoms with van der Waals surface area (Å²) in [6.07, 6.45) is 0.